The summed E-state index contributed by atoms with van der Waals surface area (Å²) in [6.07, 6.45) is 2.72. The van der Waals surface area contributed by atoms with Crippen molar-refractivity contribution in [3.05, 3.63) is 69.0 Å². The van der Waals surface area contributed by atoms with E-state index in [1.54, 1.807) is 22.8 Å². The number of hydrogen-bond donors (Lipinski definition) is 1. The van der Waals surface area contributed by atoms with Gasteiger partial charge in [-0.05, 0) is 42.0 Å². The smallest absolute Gasteiger partial charge is 0.325 e. The molecule has 0 aliphatic heterocycles. The van der Waals surface area contributed by atoms with Crippen LogP contribution in [0.3, 0.4) is 0 Å². The number of nitrogens with zero attached hydrogens (tertiary/aromatic N) is 3. The van der Waals surface area contributed by atoms with Gasteiger partial charge in [-0.1, -0.05) is 11.3 Å². The maximum atomic E-state index is 12.4. The van der Waals surface area contributed by atoms with E-state index in [9.17, 15) is 24.5 Å². The van der Waals surface area contributed by atoms with Gasteiger partial charge in [-0.25, -0.2) is 0 Å². The number of amides is 2. The van der Waals surface area contributed by atoms with E-state index in [4.69, 9.17) is 4.74 Å². The number of esters is 1. The molecule has 3 aromatic rings. The lowest BCUT2D eigenvalue weighted by Crippen LogP contribution is -2.22. The van der Waals surface area contributed by atoms with E-state index in [1.165, 1.54) is 61.8 Å². The Bertz CT molecular complexity index is 1300. The van der Waals surface area contributed by atoms with Crippen molar-refractivity contribution in [3.63, 3.8) is 0 Å². The second-order valence-electron chi connectivity index (χ2n) is 6.54. The monoisotopic (exact) mass is 454 g/mol. The normalized spacial score (nSPS) is 11.6. The predicted octanol–water partition coefficient (Wildman–Crippen LogP) is 2.88. The third-order valence-electron chi connectivity index (χ3n) is 4.25. The lowest BCUT2D eigenvalue weighted by molar-refractivity contribution is -0.384. The van der Waals surface area contributed by atoms with Crippen LogP contribution in [0.25, 0.3) is 16.3 Å². The molecular weight excluding hydrogens is 436 g/mol. The first-order valence-electron chi connectivity index (χ1n) is 9.26. The molecule has 0 aliphatic carbocycles. The number of fused-ring (bicyclic) bond motifs is 1. The number of carbonyl (C=O) groups is 3. The number of nitro benzene ring substituents is 1. The van der Waals surface area contributed by atoms with Crippen molar-refractivity contribution >= 4 is 56.8 Å². The molecule has 1 heterocycles. The Morgan fingerprint density at radius 3 is 2.56 bits per heavy atom. The second kappa shape index (κ2) is 9.79. The van der Waals surface area contributed by atoms with Crippen molar-refractivity contribution in [2.75, 3.05) is 12.4 Å². The Hall–Kier alpha value is -4.12. The van der Waals surface area contributed by atoms with Crippen molar-refractivity contribution in [1.82, 2.24) is 4.57 Å². The molecule has 0 spiro atoms. The van der Waals surface area contributed by atoms with Crippen LogP contribution in [0.5, 0.6) is 0 Å². The zero-order valence-electron chi connectivity index (χ0n) is 17.1. The molecule has 1 aromatic heterocycles. The molecule has 0 saturated carbocycles. The van der Waals surface area contributed by atoms with Gasteiger partial charge in [-0.2, -0.15) is 4.99 Å². The van der Waals surface area contributed by atoms with Crippen LogP contribution in [-0.2, 0) is 25.7 Å². The van der Waals surface area contributed by atoms with Crippen molar-refractivity contribution < 1.29 is 24.0 Å². The largest absolute Gasteiger partial charge is 0.468 e. The summed E-state index contributed by atoms with van der Waals surface area (Å²) in [6, 6.07) is 10.8. The molecule has 2 aromatic carbocycles. The third kappa shape index (κ3) is 5.52. The van der Waals surface area contributed by atoms with Gasteiger partial charge in [-0.3, -0.25) is 24.5 Å². The van der Waals surface area contributed by atoms with Crippen LogP contribution in [0.1, 0.15) is 12.5 Å². The quantitative estimate of drug-likeness (QED) is 0.264. The van der Waals surface area contributed by atoms with E-state index in [0.29, 0.717) is 21.5 Å². The fraction of sp³-hybridized carbons (Fsp3) is 0.143. The maximum Gasteiger partial charge on any atom is 0.325 e. The molecule has 0 bridgehead atoms. The summed E-state index contributed by atoms with van der Waals surface area (Å²) < 4.78 is 7.01. The van der Waals surface area contributed by atoms with Crippen molar-refractivity contribution in [1.29, 1.82) is 0 Å². The number of anilines is 1. The molecule has 0 fully saturated rings. The summed E-state index contributed by atoms with van der Waals surface area (Å²) in [5.74, 6) is -1.30. The Kier molecular flexibility index (Phi) is 6.90. The topological polar surface area (TPSA) is 133 Å². The summed E-state index contributed by atoms with van der Waals surface area (Å²) in [7, 11) is 1.27. The molecule has 32 heavy (non-hydrogen) atoms. The van der Waals surface area contributed by atoms with E-state index in [1.807, 2.05) is 0 Å². The van der Waals surface area contributed by atoms with Crippen molar-refractivity contribution in [2.24, 2.45) is 4.99 Å². The van der Waals surface area contributed by atoms with E-state index in [0.717, 1.165) is 0 Å². The van der Waals surface area contributed by atoms with Crippen LogP contribution in [0.15, 0.2) is 53.5 Å². The highest BCUT2D eigenvalue weighted by Gasteiger charge is 2.12. The molecule has 0 atom stereocenters. The summed E-state index contributed by atoms with van der Waals surface area (Å²) in [4.78, 5) is 50.2. The Morgan fingerprint density at radius 2 is 1.94 bits per heavy atom. The zero-order valence-corrected chi connectivity index (χ0v) is 17.9. The minimum atomic E-state index is -0.574. The molecule has 11 heteroatoms. The zero-order chi connectivity index (χ0) is 23.3. The SMILES string of the molecule is COC(=O)Cn1c(=NC(=O)/C=C\c2ccc([N+](=O)[O-])cc2)sc2cc(NC(C)=O)ccc21. The average Bonchev–Trinajstić information content (AvgIpc) is 3.07. The van der Waals surface area contributed by atoms with Gasteiger partial charge in [0.15, 0.2) is 4.80 Å². The van der Waals surface area contributed by atoms with E-state index in [2.05, 4.69) is 10.3 Å². The first kappa shape index (κ1) is 22.6. The number of non-ortho nitro benzene ring substituents is 1. The van der Waals surface area contributed by atoms with Gasteiger partial charge < -0.3 is 14.6 Å². The highest BCUT2D eigenvalue weighted by molar-refractivity contribution is 7.16. The van der Waals surface area contributed by atoms with Gasteiger partial charge >= 0.3 is 5.97 Å². The summed E-state index contributed by atoms with van der Waals surface area (Å²) in [6.45, 7) is 1.25. The molecule has 0 radical (unpaired) electrons. The highest BCUT2D eigenvalue weighted by atomic mass is 32.1. The van der Waals surface area contributed by atoms with Crippen LogP contribution in [0, 0.1) is 10.1 Å². The number of rotatable bonds is 6. The number of hydrogen-bond acceptors (Lipinski definition) is 7. The van der Waals surface area contributed by atoms with Crippen molar-refractivity contribution in [2.45, 2.75) is 13.5 Å². The van der Waals surface area contributed by atoms with E-state index in [-0.39, 0.29) is 22.9 Å². The Morgan fingerprint density at radius 1 is 1.22 bits per heavy atom. The number of aromatic nitrogens is 1. The van der Waals surface area contributed by atoms with Gasteiger partial charge in [0.25, 0.3) is 11.6 Å². The van der Waals surface area contributed by atoms with Crippen LogP contribution in [-0.4, -0.2) is 34.4 Å². The fourth-order valence-electron chi connectivity index (χ4n) is 2.79. The van der Waals surface area contributed by atoms with Crippen LogP contribution >= 0.6 is 11.3 Å². The molecule has 0 unspecified atom stereocenters. The molecule has 10 nitrogen and oxygen atoms in total. The molecule has 164 valence electrons. The first-order valence-corrected chi connectivity index (χ1v) is 10.1. The predicted molar refractivity (Wildman–Crippen MR) is 119 cm³/mol. The number of carbonyl (C=O) groups excluding carboxylic acids is 3. The Balaban J connectivity index is 1.95. The average molecular weight is 454 g/mol. The number of methoxy groups -OCH3 is 1. The van der Waals surface area contributed by atoms with Gasteiger partial charge in [0.1, 0.15) is 6.54 Å². The molecule has 0 aliphatic rings. The minimum absolute atomic E-state index is 0.0501. The van der Waals surface area contributed by atoms with Gasteiger partial charge in [-0.15, -0.1) is 0 Å². The number of nitro groups is 1. The lowest BCUT2D eigenvalue weighted by Gasteiger charge is -2.05. The van der Waals surface area contributed by atoms with Crippen LogP contribution in [0.2, 0.25) is 0 Å². The molecule has 3 rings (SSSR count). The van der Waals surface area contributed by atoms with Crippen LogP contribution in [0.4, 0.5) is 11.4 Å². The molecular formula is C21H18N4O6S. The van der Waals surface area contributed by atoms with E-state index >= 15 is 0 Å². The minimum Gasteiger partial charge on any atom is -0.468 e. The molecule has 0 saturated heterocycles. The Labute approximate surface area is 185 Å². The summed E-state index contributed by atoms with van der Waals surface area (Å²) in [5, 5.41) is 13.4. The first-order chi connectivity index (χ1) is 15.3. The van der Waals surface area contributed by atoms with Crippen LogP contribution < -0.4 is 10.1 Å². The van der Waals surface area contributed by atoms with Gasteiger partial charge in [0.05, 0.1) is 22.2 Å². The third-order valence-corrected chi connectivity index (χ3v) is 5.29. The standard InChI is InChI=1S/C21H18N4O6S/c1-13(26)22-15-6-9-17-18(11-15)32-21(24(17)12-20(28)31-2)23-19(27)10-5-14-3-7-16(8-4-14)25(29)30/h3-11H,12H2,1-2H3,(H,22,26)/b10-5-,23-21?. The second-order valence-corrected chi connectivity index (χ2v) is 7.55. The molecule has 2 amide bonds. The van der Waals surface area contributed by atoms with Gasteiger partial charge in [0.2, 0.25) is 5.91 Å². The van der Waals surface area contributed by atoms with E-state index < -0.39 is 16.8 Å². The fourth-order valence-corrected chi connectivity index (χ4v) is 3.87. The lowest BCUT2D eigenvalue weighted by atomic mass is 10.2. The maximum absolute atomic E-state index is 12.4. The molecule has 1 N–H and O–H groups in total. The summed E-state index contributed by atoms with van der Waals surface area (Å²) >= 11 is 1.18. The number of nitrogens with one attached hydrogen (secondary N) is 1. The van der Waals surface area contributed by atoms with Gasteiger partial charge in [0, 0.05) is 30.8 Å². The highest BCUT2D eigenvalue weighted by Crippen LogP contribution is 2.22. The number of benzene rings is 2. The van der Waals surface area contributed by atoms with Crippen molar-refractivity contribution in [3.8, 4) is 0 Å². The summed E-state index contributed by atoms with van der Waals surface area (Å²) in [5.41, 5.74) is 1.77. The number of thiazole rings is 1. The number of ether oxygens (including phenoxy) is 1.